The molecule has 0 saturated carbocycles. The van der Waals surface area contributed by atoms with Crippen LogP contribution in [0.4, 0.5) is 0 Å². The van der Waals surface area contributed by atoms with Gasteiger partial charge in [-0.15, -0.1) is 11.3 Å². The fourth-order valence-electron chi connectivity index (χ4n) is 1.15. The Morgan fingerprint density at radius 2 is 2.38 bits per heavy atom. The lowest BCUT2D eigenvalue weighted by molar-refractivity contribution is 0.112. The van der Waals surface area contributed by atoms with Crippen molar-refractivity contribution in [1.82, 2.24) is 4.98 Å². The molecule has 0 saturated heterocycles. The van der Waals surface area contributed by atoms with Gasteiger partial charge in [0.2, 0.25) is 0 Å². The molecule has 0 amide bonds. The van der Waals surface area contributed by atoms with Crippen molar-refractivity contribution in [2.24, 2.45) is 0 Å². The lowest BCUT2D eigenvalue weighted by atomic mass is 10.3. The Bertz CT molecular complexity index is 450. The predicted molar refractivity (Wildman–Crippen MR) is 51.6 cm³/mol. The van der Waals surface area contributed by atoms with Crippen molar-refractivity contribution in [2.45, 2.75) is 0 Å². The highest BCUT2D eigenvalue weighted by atomic mass is 32.1. The van der Waals surface area contributed by atoms with Crippen molar-refractivity contribution >= 4 is 27.8 Å². The van der Waals surface area contributed by atoms with Crippen molar-refractivity contribution in [2.75, 3.05) is 7.11 Å². The zero-order valence-corrected chi connectivity index (χ0v) is 7.80. The van der Waals surface area contributed by atoms with Crippen LogP contribution in [0.3, 0.4) is 0 Å². The molecule has 0 aliphatic rings. The first kappa shape index (κ1) is 8.19. The molecule has 13 heavy (non-hydrogen) atoms. The van der Waals surface area contributed by atoms with E-state index in [2.05, 4.69) is 4.98 Å². The molecule has 0 aliphatic carbocycles. The molecular weight excluding hydrogens is 186 g/mol. The van der Waals surface area contributed by atoms with E-state index >= 15 is 0 Å². The number of carbonyl (C=O) groups is 1. The second kappa shape index (κ2) is 3.14. The van der Waals surface area contributed by atoms with Crippen molar-refractivity contribution < 1.29 is 9.53 Å². The second-order valence-electron chi connectivity index (χ2n) is 2.48. The van der Waals surface area contributed by atoms with Gasteiger partial charge in [-0.05, 0) is 12.1 Å². The Balaban J connectivity index is 2.74. The standard InChI is InChI=1S/C9H7NO2S/c1-12-7-4-2-3-6-9(7)13-8(5-11)10-6/h2-5H,1H3. The maximum Gasteiger partial charge on any atom is 0.178 e. The molecule has 2 rings (SSSR count). The first-order chi connectivity index (χ1) is 6.35. The third-order valence-corrected chi connectivity index (χ3v) is 2.73. The van der Waals surface area contributed by atoms with E-state index in [9.17, 15) is 4.79 Å². The van der Waals surface area contributed by atoms with Gasteiger partial charge in [-0.2, -0.15) is 0 Å². The number of aldehydes is 1. The van der Waals surface area contributed by atoms with E-state index in [4.69, 9.17) is 4.74 Å². The summed E-state index contributed by atoms with van der Waals surface area (Å²) in [6, 6.07) is 5.58. The molecule has 1 aromatic heterocycles. The lowest BCUT2D eigenvalue weighted by Gasteiger charge is -1.97. The van der Waals surface area contributed by atoms with Gasteiger partial charge in [-0.1, -0.05) is 6.07 Å². The Kier molecular flexibility index (Phi) is 1.98. The fraction of sp³-hybridized carbons (Fsp3) is 0.111. The molecule has 1 aromatic carbocycles. The minimum Gasteiger partial charge on any atom is -0.495 e. The second-order valence-corrected chi connectivity index (χ2v) is 3.51. The molecule has 1 heterocycles. The topological polar surface area (TPSA) is 39.2 Å². The van der Waals surface area contributed by atoms with Crippen LogP contribution < -0.4 is 4.74 Å². The van der Waals surface area contributed by atoms with Crippen molar-refractivity contribution in [3.8, 4) is 5.75 Å². The SMILES string of the molecule is COc1cccc2nc(C=O)sc12. The van der Waals surface area contributed by atoms with Gasteiger partial charge in [0.1, 0.15) is 5.75 Å². The zero-order chi connectivity index (χ0) is 9.26. The van der Waals surface area contributed by atoms with Crippen LogP contribution in [-0.2, 0) is 0 Å². The molecule has 4 heteroatoms. The molecule has 3 nitrogen and oxygen atoms in total. The van der Waals surface area contributed by atoms with Gasteiger partial charge in [-0.25, -0.2) is 4.98 Å². The van der Waals surface area contributed by atoms with Crippen LogP contribution in [0.5, 0.6) is 5.75 Å². The number of ether oxygens (including phenoxy) is 1. The number of hydrogen-bond donors (Lipinski definition) is 0. The van der Waals surface area contributed by atoms with Crippen molar-refractivity contribution in [3.63, 3.8) is 0 Å². The van der Waals surface area contributed by atoms with Gasteiger partial charge in [0, 0.05) is 0 Å². The third kappa shape index (κ3) is 1.29. The maximum atomic E-state index is 10.5. The van der Waals surface area contributed by atoms with Gasteiger partial charge in [0.25, 0.3) is 0 Å². The molecule has 66 valence electrons. The van der Waals surface area contributed by atoms with E-state index in [0.717, 1.165) is 22.3 Å². The zero-order valence-electron chi connectivity index (χ0n) is 6.98. The molecule has 2 aromatic rings. The number of methoxy groups -OCH3 is 1. The van der Waals surface area contributed by atoms with E-state index in [0.29, 0.717) is 5.01 Å². The minimum absolute atomic E-state index is 0.486. The first-order valence-electron chi connectivity index (χ1n) is 3.74. The highest BCUT2D eigenvalue weighted by molar-refractivity contribution is 7.20. The summed E-state index contributed by atoms with van der Waals surface area (Å²) in [4.78, 5) is 14.6. The fourth-order valence-corrected chi connectivity index (χ4v) is 2.02. The van der Waals surface area contributed by atoms with Gasteiger partial charge in [0.05, 0.1) is 17.3 Å². The molecule has 0 atom stereocenters. The summed E-state index contributed by atoms with van der Waals surface area (Å²) in [5.41, 5.74) is 0.812. The third-order valence-electron chi connectivity index (χ3n) is 1.72. The number of fused-ring (bicyclic) bond motifs is 1. The molecule has 0 radical (unpaired) electrons. The highest BCUT2D eigenvalue weighted by Gasteiger charge is 2.06. The van der Waals surface area contributed by atoms with Gasteiger partial charge in [0.15, 0.2) is 11.3 Å². The Hall–Kier alpha value is -1.42. The van der Waals surface area contributed by atoms with Crippen LogP contribution >= 0.6 is 11.3 Å². The summed E-state index contributed by atoms with van der Waals surface area (Å²) in [5, 5.41) is 0.486. The molecule has 0 unspecified atom stereocenters. The predicted octanol–water partition coefficient (Wildman–Crippen LogP) is 2.12. The van der Waals surface area contributed by atoms with E-state index in [1.165, 1.54) is 11.3 Å². The number of carbonyl (C=O) groups excluding carboxylic acids is 1. The van der Waals surface area contributed by atoms with Crippen LogP contribution in [0, 0.1) is 0 Å². The number of thiazole rings is 1. The van der Waals surface area contributed by atoms with E-state index in [1.807, 2.05) is 18.2 Å². The smallest absolute Gasteiger partial charge is 0.178 e. The number of rotatable bonds is 2. The van der Waals surface area contributed by atoms with Crippen LogP contribution in [0.25, 0.3) is 10.2 Å². The van der Waals surface area contributed by atoms with Crippen LogP contribution in [0.1, 0.15) is 9.80 Å². The Morgan fingerprint density at radius 1 is 1.54 bits per heavy atom. The van der Waals surface area contributed by atoms with E-state index in [-0.39, 0.29) is 0 Å². The average Bonchev–Trinajstić information content (AvgIpc) is 2.59. The number of benzene rings is 1. The van der Waals surface area contributed by atoms with Crippen molar-refractivity contribution in [1.29, 1.82) is 0 Å². The summed E-state index contributed by atoms with van der Waals surface area (Å²) in [7, 11) is 1.61. The minimum atomic E-state index is 0.486. The Morgan fingerprint density at radius 3 is 3.08 bits per heavy atom. The molecule has 0 N–H and O–H groups in total. The molecule has 0 fully saturated rings. The normalized spacial score (nSPS) is 10.2. The molecular formula is C9H7NO2S. The molecule has 0 aliphatic heterocycles. The van der Waals surface area contributed by atoms with Crippen LogP contribution in [-0.4, -0.2) is 18.4 Å². The number of aromatic nitrogens is 1. The van der Waals surface area contributed by atoms with Gasteiger partial charge < -0.3 is 4.74 Å². The van der Waals surface area contributed by atoms with Gasteiger partial charge >= 0.3 is 0 Å². The summed E-state index contributed by atoms with van der Waals surface area (Å²) >= 11 is 1.34. The number of nitrogens with zero attached hydrogens (tertiary/aromatic N) is 1. The summed E-state index contributed by atoms with van der Waals surface area (Å²) < 4.78 is 6.06. The molecule has 0 spiro atoms. The summed E-state index contributed by atoms with van der Waals surface area (Å²) in [6.07, 6.45) is 0.754. The monoisotopic (exact) mass is 193 g/mol. The highest BCUT2D eigenvalue weighted by Crippen LogP contribution is 2.29. The largest absolute Gasteiger partial charge is 0.495 e. The van der Waals surface area contributed by atoms with E-state index in [1.54, 1.807) is 7.11 Å². The van der Waals surface area contributed by atoms with Gasteiger partial charge in [-0.3, -0.25) is 4.79 Å². The van der Waals surface area contributed by atoms with Crippen LogP contribution in [0.2, 0.25) is 0 Å². The van der Waals surface area contributed by atoms with Crippen molar-refractivity contribution in [3.05, 3.63) is 23.2 Å². The maximum absolute atomic E-state index is 10.5. The first-order valence-corrected chi connectivity index (χ1v) is 4.55. The van der Waals surface area contributed by atoms with E-state index < -0.39 is 0 Å². The summed E-state index contributed by atoms with van der Waals surface area (Å²) in [6.45, 7) is 0. The molecule has 0 bridgehead atoms. The Labute approximate surface area is 79.0 Å². The number of hydrogen-bond acceptors (Lipinski definition) is 4. The average molecular weight is 193 g/mol. The quantitative estimate of drug-likeness (QED) is 0.686. The van der Waals surface area contributed by atoms with Crippen LogP contribution in [0.15, 0.2) is 18.2 Å². The summed E-state index contributed by atoms with van der Waals surface area (Å²) in [5.74, 6) is 0.767. The lowest BCUT2D eigenvalue weighted by Crippen LogP contribution is -1.81.